The van der Waals surface area contributed by atoms with E-state index in [-0.39, 0.29) is 25.1 Å². The molecule has 0 bridgehead atoms. The molecule has 2 heterocycles. The second-order valence-electron chi connectivity index (χ2n) is 7.69. The number of pyridine rings is 1. The highest BCUT2D eigenvalue weighted by molar-refractivity contribution is 7.59. The van der Waals surface area contributed by atoms with Crippen LogP contribution in [0.25, 0.3) is 27.4 Å². The number of aryl methyl sites for hydroxylation is 1. The van der Waals surface area contributed by atoms with Crippen LogP contribution in [0.5, 0.6) is 0 Å². The number of fused-ring (bicyclic) bond motifs is 2. The summed E-state index contributed by atoms with van der Waals surface area (Å²) >= 11 is 0. The Kier molecular flexibility index (Phi) is 5.97. The van der Waals surface area contributed by atoms with Crippen molar-refractivity contribution in [1.29, 1.82) is 0 Å². The smallest absolute Gasteiger partial charge is 0.263 e. The molecule has 0 saturated heterocycles. The number of nitrogens with one attached hydrogen (secondary N) is 1. The fraction of sp³-hybridized carbons (Fsp3) is 0.115. The number of nitrogens with zero attached hydrogens (tertiary/aromatic N) is 3. The summed E-state index contributed by atoms with van der Waals surface area (Å²) in [6, 6.07) is 25.6. The predicted octanol–water partition coefficient (Wildman–Crippen LogP) is 5.53. The molecule has 6 heteroatoms. The molecule has 0 spiro atoms. The molecule has 0 amide bonds. The molecule has 0 saturated carbocycles. The Bertz CT molecular complexity index is 1460. The van der Waals surface area contributed by atoms with Gasteiger partial charge < -0.3 is 5.32 Å². The Labute approximate surface area is 193 Å². The number of benzene rings is 3. The number of hydrogen-bond acceptors (Lipinski definition) is 4. The standard InChI is InChI=1S/C26H22N4O.H2S/c1-17-9-8-10-19-15-23(30(26(31)24(17)19)20-11-4-3-5-12-20)18(2)29-25-21-13-6-7-14-22(21)27-16-28-25;/h3-16,18H,1-2H3,(H,27,28,29);1H2/t18-;/m0./s1. The van der Waals surface area contributed by atoms with Crippen LogP contribution in [0.1, 0.15) is 24.2 Å². The van der Waals surface area contributed by atoms with Gasteiger partial charge in [-0.05, 0) is 55.1 Å². The monoisotopic (exact) mass is 440 g/mol. The van der Waals surface area contributed by atoms with Gasteiger partial charge in [-0.15, -0.1) is 0 Å². The molecule has 32 heavy (non-hydrogen) atoms. The van der Waals surface area contributed by atoms with Crippen molar-refractivity contribution in [3.8, 4) is 5.69 Å². The summed E-state index contributed by atoms with van der Waals surface area (Å²) in [6.07, 6.45) is 1.56. The number of aromatic nitrogens is 3. The van der Waals surface area contributed by atoms with E-state index >= 15 is 0 Å². The van der Waals surface area contributed by atoms with Crippen LogP contribution in [0.4, 0.5) is 5.82 Å². The Hall–Kier alpha value is -3.64. The molecule has 5 nitrogen and oxygen atoms in total. The summed E-state index contributed by atoms with van der Waals surface area (Å²) in [4.78, 5) is 22.5. The van der Waals surface area contributed by atoms with Crippen molar-refractivity contribution in [2.45, 2.75) is 19.9 Å². The van der Waals surface area contributed by atoms with Gasteiger partial charge in [0.1, 0.15) is 12.1 Å². The maximum absolute atomic E-state index is 13.6. The van der Waals surface area contributed by atoms with Gasteiger partial charge in [-0.2, -0.15) is 13.5 Å². The molecule has 2 aromatic heterocycles. The van der Waals surface area contributed by atoms with Crippen LogP contribution in [-0.4, -0.2) is 14.5 Å². The third-order valence-electron chi connectivity index (χ3n) is 5.64. The van der Waals surface area contributed by atoms with Crippen molar-refractivity contribution in [1.82, 2.24) is 14.5 Å². The highest BCUT2D eigenvalue weighted by atomic mass is 32.1. The first-order chi connectivity index (χ1) is 15.1. The van der Waals surface area contributed by atoms with E-state index in [1.54, 1.807) is 10.9 Å². The lowest BCUT2D eigenvalue weighted by Gasteiger charge is -2.22. The average molecular weight is 441 g/mol. The van der Waals surface area contributed by atoms with Gasteiger partial charge in [-0.25, -0.2) is 9.97 Å². The van der Waals surface area contributed by atoms with Gasteiger partial charge >= 0.3 is 0 Å². The van der Waals surface area contributed by atoms with E-state index < -0.39 is 0 Å². The fourth-order valence-corrected chi connectivity index (χ4v) is 4.12. The summed E-state index contributed by atoms with van der Waals surface area (Å²) in [5, 5.41) is 6.14. The lowest BCUT2D eigenvalue weighted by atomic mass is 10.0. The molecule has 1 atom stereocenters. The number of anilines is 1. The lowest BCUT2D eigenvalue weighted by Crippen LogP contribution is -2.26. The zero-order valence-electron chi connectivity index (χ0n) is 17.9. The van der Waals surface area contributed by atoms with Crippen LogP contribution in [0.3, 0.4) is 0 Å². The van der Waals surface area contributed by atoms with Gasteiger partial charge in [0.05, 0.1) is 16.9 Å². The topological polar surface area (TPSA) is 59.8 Å². The molecule has 1 N–H and O–H groups in total. The minimum absolute atomic E-state index is 0. The molecule has 5 aromatic rings. The number of rotatable bonds is 4. The van der Waals surface area contributed by atoms with Gasteiger partial charge in [-0.3, -0.25) is 9.36 Å². The minimum Gasteiger partial charge on any atom is -0.361 e. The maximum Gasteiger partial charge on any atom is 0.263 e. The molecule has 0 aliphatic rings. The van der Waals surface area contributed by atoms with Gasteiger partial charge in [0.15, 0.2) is 0 Å². The number of hydrogen-bond donors (Lipinski definition) is 1. The van der Waals surface area contributed by atoms with Crippen molar-refractivity contribution in [2.24, 2.45) is 0 Å². The SMILES string of the molecule is Cc1cccc2cc([C@H](C)Nc3ncnc4ccccc34)n(-c3ccccc3)c(=O)c12.S. The zero-order valence-corrected chi connectivity index (χ0v) is 18.9. The van der Waals surface area contributed by atoms with E-state index in [2.05, 4.69) is 21.4 Å². The normalized spacial score (nSPS) is 11.8. The zero-order chi connectivity index (χ0) is 21.4. The molecular formula is C26H24N4OS. The Morgan fingerprint density at radius 1 is 0.906 bits per heavy atom. The van der Waals surface area contributed by atoms with Gasteiger partial charge in [0, 0.05) is 16.8 Å². The maximum atomic E-state index is 13.6. The van der Waals surface area contributed by atoms with Crippen LogP contribution in [0, 0.1) is 6.92 Å². The lowest BCUT2D eigenvalue weighted by molar-refractivity contribution is 0.774. The van der Waals surface area contributed by atoms with E-state index in [1.807, 2.05) is 86.6 Å². The predicted molar refractivity (Wildman–Crippen MR) is 136 cm³/mol. The van der Waals surface area contributed by atoms with Crippen LogP contribution in [0.2, 0.25) is 0 Å². The van der Waals surface area contributed by atoms with Crippen molar-refractivity contribution in [3.63, 3.8) is 0 Å². The van der Waals surface area contributed by atoms with E-state index in [0.29, 0.717) is 0 Å². The van der Waals surface area contributed by atoms with Gasteiger partial charge in [0.25, 0.3) is 5.56 Å². The molecule has 0 aliphatic carbocycles. The first kappa shape index (κ1) is 21.6. The Morgan fingerprint density at radius 3 is 2.47 bits per heavy atom. The first-order valence-electron chi connectivity index (χ1n) is 10.3. The molecule has 160 valence electrons. The summed E-state index contributed by atoms with van der Waals surface area (Å²) in [6.45, 7) is 4.03. The summed E-state index contributed by atoms with van der Waals surface area (Å²) < 4.78 is 1.80. The quantitative estimate of drug-likeness (QED) is 0.399. The van der Waals surface area contributed by atoms with E-state index in [4.69, 9.17) is 0 Å². The number of para-hydroxylation sites is 2. The Morgan fingerprint density at radius 2 is 1.66 bits per heavy atom. The van der Waals surface area contributed by atoms with Crippen LogP contribution >= 0.6 is 13.5 Å². The molecule has 0 radical (unpaired) electrons. The highest BCUT2D eigenvalue weighted by Crippen LogP contribution is 2.27. The molecule has 0 aliphatic heterocycles. The van der Waals surface area contributed by atoms with E-state index in [9.17, 15) is 4.79 Å². The largest absolute Gasteiger partial charge is 0.361 e. The van der Waals surface area contributed by atoms with Crippen LogP contribution in [0.15, 0.2) is 90.0 Å². The van der Waals surface area contributed by atoms with Crippen LogP contribution < -0.4 is 10.9 Å². The Balaban J connectivity index is 0.00000245. The van der Waals surface area contributed by atoms with Crippen LogP contribution in [-0.2, 0) is 0 Å². The second-order valence-corrected chi connectivity index (χ2v) is 7.69. The molecule has 0 unspecified atom stereocenters. The fourth-order valence-electron chi connectivity index (χ4n) is 4.12. The average Bonchev–Trinajstić information content (AvgIpc) is 2.79. The summed E-state index contributed by atoms with van der Waals surface area (Å²) in [5.41, 5.74) is 3.55. The molecule has 5 rings (SSSR count). The van der Waals surface area contributed by atoms with Crippen molar-refractivity contribution >= 4 is 41.0 Å². The summed E-state index contributed by atoms with van der Waals surface area (Å²) in [7, 11) is 0. The first-order valence-corrected chi connectivity index (χ1v) is 10.3. The molecule has 3 aromatic carbocycles. The third-order valence-corrected chi connectivity index (χ3v) is 5.64. The van der Waals surface area contributed by atoms with Crippen molar-refractivity contribution in [2.75, 3.05) is 5.32 Å². The second kappa shape index (κ2) is 8.85. The van der Waals surface area contributed by atoms with Gasteiger partial charge in [-0.1, -0.05) is 48.5 Å². The highest BCUT2D eigenvalue weighted by Gasteiger charge is 2.18. The van der Waals surface area contributed by atoms with Crippen molar-refractivity contribution < 1.29 is 0 Å². The summed E-state index contributed by atoms with van der Waals surface area (Å²) in [5.74, 6) is 0.745. The van der Waals surface area contributed by atoms with Crippen molar-refractivity contribution in [3.05, 3.63) is 107 Å². The third kappa shape index (κ3) is 3.74. The van der Waals surface area contributed by atoms with Gasteiger partial charge in [0.2, 0.25) is 0 Å². The van der Waals surface area contributed by atoms with E-state index in [0.717, 1.165) is 44.4 Å². The molecule has 0 fully saturated rings. The molecular weight excluding hydrogens is 416 g/mol. The van der Waals surface area contributed by atoms with E-state index in [1.165, 1.54) is 0 Å². The minimum atomic E-state index is -0.170.